The lowest BCUT2D eigenvalue weighted by Gasteiger charge is -2.42. The van der Waals surface area contributed by atoms with Crippen molar-refractivity contribution in [2.24, 2.45) is 0 Å². The summed E-state index contributed by atoms with van der Waals surface area (Å²) >= 11 is 0. The van der Waals surface area contributed by atoms with Gasteiger partial charge in [0.25, 0.3) is 5.91 Å². The van der Waals surface area contributed by atoms with Gasteiger partial charge in [0.1, 0.15) is 0 Å². The minimum Gasteiger partial charge on any atom is -0.352 e. The third-order valence-corrected chi connectivity index (χ3v) is 5.40. The van der Waals surface area contributed by atoms with E-state index >= 15 is 0 Å². The average molecular weight is 360 g/mol. The van der Waals surface area contributed by atoms with E-state index in [0.717, 1.165) is 29.5 Å². The van der Waals surface area contributed by atoms with Crippen LogP contribution in [-0.2, 0) is 4.79 Å². The Morgan fingerprint density at radius 3 is 2.70 bits per heavy atom. The van der Waals surface area contributed by atoms with Crippen molar-refractivity contribution in [3.63, 3.8) is 0 Å². The molecule has 1 saturated carbocycles. The highest BCUT2D eigenvalue weighted by molar-refractivity contribution is 6.01. The largest absolute Gasteiger partial charge is 0.352 e. The van der Waals surface area contributed by atoms with Crippen LogP contribution in [0.2, 0.25) is 0 Å². The number of carbonyl (C=O) groups excluding carboxylic acids is 2. The smallest absolute Gasteiger partial charge is 0.254 e. The highest BCUT2D eigenvalue weighted by Crippen LogP contribution is 2.47. The van der Waals surface area contributed by atoms with Crippen molar-refractivity contribution in [3.8, 4) is 0 Å². The summed E-state index contributed by atoms with van der Waals surface area (Å²) in [7, 11) is 0. The molecule has 4 nitrogen and oxygen atoms in total. The maximum atomic E-state index is 13.3. The first kappa shape index (κ1) is 17.5. The predicted octanol–water partition coefficient (Wildman–Crippen LogP) is 3.74. The van der Waals surface area contributed by atoms with E-state index in [2.05, 4.69) is 18.0 Å². The Morgan fingerprint density at radius 1 is 1.22 bits per heavy atom. The Bertz CT molecular complexity index is 901. The molecule has 1 heterocycles. The van der Waals surface area contributed by atoms with Gasteiger partial charge in [0.15, 0.2) is 0 Å². The fourth-order valence-corrected chi connectivity index (χ4v) is 4.08. The molecule has 0 radical (unpaired) electrons. The molecule has 1 fully saturated rings. The number of amides is 2. The SMILES string of the molecule is C=CCNC(=O)C1c2ccccc2C(=O)N(C2CC2)C1c1cccc(C)c1. The summed E-state index contributed by atoms with van der Waals surface area (Å²) in [4.78, 5) is 28.5. The van der Waals surface area contributed by atoms with E-state index in [-0.39, 0.29) is 23.9 Å². The number of hydrogen-bond donors (Lipinski definition) is 1. The molecule has 2 aliphatic rings. The fraction of sp³-hybridized carbons (Fsp3) is 0.304. The van der Waals surface area contributed by atoms with E-state index in [9.17, 15) is 9.59 Å². The summed E-state index contributed by atoms with van der Waals surface area (Å²) in [6, 6.07) is 15.6. The molecule has 1 aliphatic heterocycles. The molecule has 2 amide bonds. The Morgan fingerprint density at radius 2 is 2.00 bits per heavy atom. The second kappa shape index (κ2) is 7.03. The number of nitrogens with one attached hydrogen (secondary N) is 1. The van der Waals surface area contributed by atoms with Gasteiger partial charge in [-0.3, -0.25) is 9.59 Å². The van der Waals surface area contributed by atoms with E-state index < -0.39 is 5.92 Å². The molecule has 0 bridgehead atoms. The quantitative estimate of drug-likeness (QED) is 0.826. The van der Waals surface area contributed by atoms with Crippen LogP contribution in [0.5, 0.6) is 0 Å². The van der Waals surface area contributed by atoms with Crippen molar-refractivity contribution in [1.82, 2.24) is 10.2 Å². The first-order chi connectivity index (χ1) is 13.1. The predicted molar refractivity (Wildman–Crippen MR) is 106 cm³/mol. The molecule has 2 aromatic rings. The maximum Gasteiger partial charge on any atom is 0.254 e. The molecular formula is C23H24N2O2. The van der Waals surface area contributed by atoms with Crippen LogP contribution in [0.15, 0.2) is 61.2 Å². The van der Waals surface area contributed by atoms with Gasteiger partial charge < -0.3 is 10.2 Å². The van der Waals surface area contributed by atoms with Crippen LogP contribution in [0.1, 0.15) is 51.8 Å². The minimum absolute atomic E-state index is 0.0346. The highest BCUT2D eigenvalue weighted by atomic mass is 16.2. The van der Waals surface area contributed by atoms with E-state index in [1.54, 1.807) is 6.08 Å². The van der Waals surface area contributed by atoms with Crippen LogP contribution < -0.4 is 5.32 Å². The Balaban J connectivity index is 1.88. The monoisotopic (exact) mass is 360 g/mol. The van der Waals surface area contributed by atoms with Gasteiger partial charge >= 0.3 is 0 Å². The third-order valence-electron chi connectivity index (χ3n) is 5.40. The molecule has 2 aromatic carbocycles. The average Bonchev–Trinajstić information content (AvgIpc) is 3.51. The lowest BCUT2D eigenvalue weighted by atomic mass is 9.78. The molecule has 0 aromatic heterocycles. The summed E-state index contributed by atoms with van der Waals surface area (Å²) in [5.41, 5.74) is 3.60. The Hall–Kier alpha value is -2.88. The van der Waals surface area contributed by atoms with Gasteiger partial charge in [-0.1, -0.05) is 54.1 Å². The van der Waals surface area contributed by atoms with Crippen molar-refractivity contribution < 1.29 is 9.59 Å². The van der Waals surface area contributed by atoms with Crippen LogP contribution in [0.3, 0.4) is 0 Å². The van der Waals surface area contributed by atoms with Gasteiger partial charge in [-0.15, -0.1) is 6.58 Å². The van der Waals surface area contributed by atoms with Crippen LogP contribution >= 0.6 is 0 Å². The number of benzene rings is 2. The summed E-state index contributed by atoms with van der Waals surface area (Å²) < 4.78 is 0. The topological polar surface area (TPSA) is 49.4 Å². The molecule has 2 atom stereocenters. The first-order valence-electron chi connectivity index (χ1n) is 9.48. The number of nitrogens with zero attached hydrogens (tertiary/aromatic N) is 1. The van der Waals surface area contributed by atoms with E-state index in [1.807, 2.05) is 54.3 Å². The highest BCUT2D eigenvalue weighted by Gasteiger charge is 2.48. The number of hydrogen-bond acceptors (Lipinski definition) is 2. The Kier molecular flexibility index (Phi) is 4.56. The molecule has 0 spiro atoms. The summed E-state index contributed by atoms with van der Waals surface area (Å²) in [5.74, 6) is -0.458. The molecule has 2 unspecified atom stereocenters. The van der Waals surface area contributed by atoms with Crippen LogP contribution in [0.4, 0.5) is 0 Å². The fourth-order valence-electron chi connectivity index (χ4n) is 4.08. The lowest BCUT2D eigenvalue weighted by molar-refractivity contribution is -0.124. The summed E-state index contributed by atoms with van der Waals surface area (Å²) in [6.45, 7) is 6.15. The summed E-state index contributed by atoms with van der Waals surface area (Å²) in [6.07, 6.45) is 3.67. The zero-order chi connectivity index (χ0) is 19.0. The maximum absolute atomic E-state index is 13.3. The van der Waals surface area contributed by atoms with Gasteiger partial charge in [0.05, 0.1) is 12.0 Å². The molecule has 1 N–H and O–H groups in total. The van der Waals surface area contributed by atoms with Gasteiger partial charge in [0, 0.05) is 18.2 Å². The number of rotatable bonds is 5. The normalized spacial score (nSPS) is 21.5. The van der Waals surface area contributed by atoms with Crippen LogP contribution in [0, 0.1) is 6.92 Å². The molecule has 1 aliphatic carbocycles. The number of fused-ring (bicyclic) bond motifs is 1. The second-order valence-corrected chi connectivity index (χ2v) is 7.40. The Labute approximate surface area is 159 Å². The second-order valence-electron chi connectivity index (χ2n) is 7.40. The van der Waals surface area contributed by atoms with Gasteiger partial charge in [-0.25, -0.2) is 0 Å². The molecule has 4 heteroatoms. The molecule has 0 saturated heterocycles. The van der Waals surface area contributed by atoms with Gasteiger partial charge in [-0.2, -0.15) is 0 Å². The van der Waals surface area contributed by atoms with Gasteiger partial charge in [0.2, 0.25) is 5.91 Å². The molecular weight excluding hydrogens is 336 g/mol. The van der Waals surface area contributed by atoms with Crippen molar-refractivity contribution in [2.45, 2.75) is 37.8 Å². The van der Waals surface area contributed by atoms with Crippen molar-refractivity contribution >= 4 is 11.8 Å². The lowest BCUT2D eigenvalue weighted by Crippen LogP contribution is -2.48. The van der Waals surface area contributed by atoms with Crippen molar-refractivity contribution in [1.29, 1.82) is 0 Å². The zero-order valence-corrected chi connectivity index (χ0v) is 15.5. The standard InChI is InChI=1S/C23H24N2O2/c1-3-13-24-22(26)20-18-9-4-5-10-19(18)23(27)25(17-11-12-17)21(20)16-8-6-7-15(2)14-16/h3-10,14,17,20-21H,1,11-13H2,2H3,(H,24,26). The van der Waals surface area contributed by atoms with Crippen LogP contribution in [0.25, 0.3) is 0 Å². The zero-order valence-electron chi connectivity index (χ0n) is 15.5. The number of carbonyl (C=O) groups is 2. The van der Waals surface area contributed by atoms with Crippen LogP contribution in [-0.4, -0.2) is 29.3 Å². The molecule has 4 rings (SSSR count). The summed E-state index contributed by atoms with van der Waals surface area (Å²) in [5, 5.41) is 2.96. The number of aryl methyl sites for hydroxylation is 1. The third kappa shape index (κ3) is 3.16. The van der Waals surface area contributed by atoms with E-state index in [0.29, 0.717) is 12.1 Å². The van der Waals surface area contributed by atoms with E-state index in [1.165, 1.54) is 0 Å². The van der Waals surface area contributed by atoms with Gasteiger partial charge in [-0.05, 0) is 37.0 Å². The van der Waals surface area contributed by atoms with E-state index in [4.69, 9.17) is 0 Å². The molecule has 27 heavy (non-hydrogen) atoms. The minimum atomic E-state index is -0.429. The van der Waals surface area contributed by atoms with Crippen molar-refractivity contribution in [3.05, 3.63) is 83.4 Å². The first-order valence-corrected chi connectivity index (χ1v) is 9.48. The molecule has 138 valence electrons. The van der Waals surface area contributed by atoms with Crippen molar-refractivity contribution in [2.75, 3.05) is 6.54 Å².